The molecule has 2 aromatic heterocycles. The third kappa shape index (κ3) is 3.08. The second-order valence-electron chi connectivity index (χ2n) is 6.12. The SMILES string of the molecule is Cc1ccc(Cc2nnc([C@H]3CCO[C@@H]3c3ccccc3)o2)cn1. The van der Waals surface area contributed by atoms with Crippen molar-refractivity contribution in [1.82, 2.24) is 15.2 Å². The molecule has 0 unspecified atom stereocenters. The van der Waals surface area contributed by atoms with Gasteiger partial charge in [0.2, 0.25) is 11.8 Å². The molecular formula is C19H19N3O2. The average Bonchev–Trinajstić information content (AvgIpc) is 3.27. The van der Waals surface area contributed by atoms with Crippen molar-refractivity contribution in [3.05, 3.63) is 77.3 Å². The van der Waals surface area contributed by atoms with E-state index in [4.69, 9.17) is 9.15 Å². The lowest BCUT2D eigenvalue weighted by atomic mass is 9.95. The van der Waals surface area contributed by atoms with Crippen LogP contribution in [0, 0.1) is 6.92 Å². The summed E-state index contributed by atoms with van der Waals surface area (Å²) in [4.78, 5) is 4.30. The Balaban J connectivity index is 1.52. The van der Waals surface area contributed by atoms with Gasteiger partial charge in [-0.3, -0.25) is 4.98 Å². The predicted molar refractivity (Wildman–Crippen MR) is 88.6 cm³/mol. The van der Waals surface area contributed by atoms with Gasteiger partial charge in [-0.15, -0.1) is 10.2 Å². The summed E-state index contributed by atoms with van der Waals surface area (Å²) >= 11 is 0. The lowest BCUT2D eigenvalue weighted by molar-refractivity contribution is 0.0997. The van der Waals surface area contributed by atoms with E-state index in [1.54, 1.807) is 0 Å². The summed E-state index contributed by atoms with van der Waals surface area (Å²) in [6.07, 6.45) is 3.34. The maximum Gasteiger partial charge on any atom is 0.222 e. The molecular weight excluding hydrogens is 302 g/mol. The molecule has 1 fully saturated rings. The van der Waals surface area contributed by atoms with E-state index in [2.05, 4.69) is 27.3 Å². The van der Waals surface area contributed by atoms with E-state index in [1.807, 2.05) is 43.5 Å². The Labute approximate surface area is 140 Å². The molecule has 1 aliphatic rings. The number of pyridine rings is 1. The Kier molecular flexibility index (Phi) is 4.09. The Hall–Kier alpha value is -2.53. The van der Waals surface area contributed by atoms with Crippen LogP contribution in [0.5, 0.6) is 0 Å². The summed E-state index contributed by atoms with van der Waals surface area (Å²) in [5, 5.41) is 8.48. The van der Waals surface area contributed by atoms with Gasteiger partial charge in [0.1, 0.15) is 0 Å². The molecule has 0 N–H and O–H groups in total. The topological polar surface area (TPSA) is 61.0 Å². The van der Waals surface area contributed by atoms with Crippen molar-refractivity contribution in [1.29, 1.82) is 0 Å². The molecule has 0 bridgehead atoms. The lowest BCUT2D eigenvalue weighted by Crippen LogP contribution is -2.06. The first kappa shape index (κ1) is 15.0. The van der Waals surface area contributed by atoms with Crippen molar-refractivity contribution < 1.29 is 9.15 Å². The molecule has 2 atom stereocenters. The summed E-state index contributed by atoms with van der Waals surface area (Å²) in [6.45, 7) is 2.68. The zero-order chi connectivity index (χ0) is 16.4. The fourth-order valence-electron chi connectivity index (χ4n) is 3.08. The third-order valence-corrected chi connectivity index (χ3v) is 4.35. The van der Waals surface area contributed by atoms with Gasteiger partial charge in [-0.25, -0.2) is 0 Å². The molecule has 3 heterocycles. The molecule has 5 nitrogen and oxygen atoms in total. The fourth-order valence-corrected chi connectivity index (χ4v) is 3.08. The molecule has 24 heavy (non-hydrogen) atoms. The molecule has 122 valence electrons. The van der Waals surface area contributed by atoms with Crippen molar-refractivity contribution in [2.75, 3.05) is 6.61 Å². The minimum absolute atomic E-state index is 0.0134. The Morgan fingerprint density at radius 1 is 1.08 bits per heavy atom. The van der Waals surface area contributed by atoms with E-state index in [1.165, 1.54) is 0 Å². The van der Waals surface area contributed by atoms with E-state index in [0.29, 0.717) is 24.8 Å². The van der Waals surface area contributed by atoms with E-state index >= 15 is 0 Å². The van der Waals surface area contributed by atoms with Gasteiger partial charge in [0.15, 0.2) is 0 Å². The number of hydrogen-bond acceptors (Lipinski definition) is 5. The lowest BCUT2D eigenvalue weighted by Gasteiger charge is -2.15. The van der Waals surface area contributed by atoms with E-state index < -0.39 is 0 Å². The molecule has 5 heteroatoms. The van der Waals surface area contributed by atoms with E-state index in [-0.39, 0.29) is 12.0 Å². The second kappa shape index (κ2) is 6.53. The van der Waals surface area contributed by atoms with Crippen molar-refractivity contribution >= 4 is 0 Å². The van der Waals surface area contributed by atoms with Crippen LogP contribution in [0.15, 0.2) is 53.1 Å². The maximum atomic E-state index is 5.92. The van der Waals surface area contributed by atoms with E-state index in [0.717, 1.165) is 23.2 Å². The minimum atomic E-state index is -0.0134. The van der Waals surface area contributed by atoms with Gasteiger partial charge < -0.3 is 9.15 Å². The zero-order valence-electron chi connectivity index (χ0n) is 13.6. The first-order chi connectivity index (χ1) is 11.8. The molecule has 3 aromatic rings. The van der Waals surface area contributed by atoms with Crippen LogP contribution in [-0.2, 0) is 11.2 Å². The van der Waals surface area contributed by atoms with Crippen LogP contribution in [0.4, 0.5) is 0 Å². The quantitative estimate of drug-likeness (QED) is 0.734. The summed E-state index contributed by atoms with van der Waals surface area (Å²) in [6, 6.07) is 14.3. The number of nitrogens with zero attached hydrogens (tertiary/aromatic N) is 3. The van der Waals surface area contributed by atoms with E-state index in [9.17, 15) is 0 Å². The number of rotatable bonds is 4. The Bertz CT molecular complexity index is 799. The standard InChI is InChI=1S/C19H19N3O2/c1-13-7-8-14(12-20-13)11-17-21-22-19(24-17)16-9-10-23-18(16)15-5-3-2-4-6-15/h2-8,12,16,18H,9-11H2,1H3/t16-,18+/m0/s1. The molecule has 0 amide bonds. The molecule has 0 radical (unpaired) electrons. The van der Waals surface area contributed by atoms with Gasteiger partial charge in [-0.2, -0.15) is 0 Å². The first-order valence-corrected chi connectivity index (χ1v) is 8.20. The Morgan fingerprint density at radius 3 is 2.75 bits per heavy atom. The van der Waals surface area contributed by atoms with Crippen LogP contribution in [-0.4, -0.2) is 21.8 Å². The largest absolute Gasteiger partial charge is 0.425 e. The van der Waals surface area contributed by atoms with Crippen molar-refractivity contribution in [3.63, 3.8) is 0 Å². The normalized spacial score (nSPS) is 20.4. The molecule has 0 aliphatic carbocycles. The van der Waals surface area contributed by atoms with Gasteiger partial charge in [-0.05, 0) is 30.5 Å². The van der Waals surface area contributed by atoms with Crippen molar-refractivity contribution in [3.8, 4) is 0 Å². The number of hydrogen-bond donors (Lipinski definition) is 0. The molecule has 0 saturated carbocycles. The van der Waals surface area contributed by atoms with Crippen molar-refractivity contribution in [2.45, 2.75) is 31.8 Å². The monoisotopic (exact) mass is 321 g/mol. The highest BCUT2D eigenvalue weighted by molar-refractivity contribution is 5.22. The average molecular weight is 321 g/mol. The maximum absolute atomic E-state index is 5.92. The highest BCUT2D eigenvalue weighted by atomic mass is 16.5. The summed E-state index contributed by atoms with van der Waals surface area (Å²) in [5.74, 6) is 1.40. The van der Waals surface area contributed by atoms with Gasteiger partial charge in [0.05, 0.1) is 18.4 Å². The molecule has 1 aliphatic heterocycles. The highest BCUT2D eigenvalue weighted by Gasteiger charge is 2.34. The number of aryl methyl sites for hydroxylation is 1. The van der Waals surface area contributed by atoms with Gasteiger partial charge in [0.25, 0.3) is 0 Å². The highest BCUT2D eigenvalue weighted by Crippen LogP contribution is 2.41. The first-order valence-electron chi connectivity index (χ1n) is 8.20. The van der Waals surface area contributed by atoms with Gasteiger partial charge >= 0.3 is 0 Å². The Morgan fingerprint density at radius 2 is 1.96 bits per heavy atom. The van der Waals surface area contributed by atoms with Crippen LogP contribution in [0.3, 0.4) is 0 Å². The van der Waals surface area contributed by atoms with Crippen LogP contribution >= 0.6 is 0 Å². The molecule has 1 saturated heterocycles. The number of aromatic nitrogens is 3. The van der Waals surface area contributed by atoms with Crippen LogP contribution in [0.25, 0.3) is 0 Å². The van der Waals surface area contributed by atoms with Crippen LogP contribution in [0.1, 0.15) is 47.0 Å². The van der Waals surface area contributed by atoms with Crippen LogP contribution in [0.2, 0.25) is 0 Å². The zero-order valence-corrected chi connectivity index (χ0v) is 13.6. The van der Waals surface area contributed by atoms with Gasteiger partial charge in [-0.1, -0.05) is 36.4 Å². The molecule has 1 aromatic carbocycles. The van der Waals surface area contributed by atoms with Crippen molar-refractivity contribution in [2.24, 2.45) is 0 Å². The predicted octanol–water partition coefficient (Wildman–Crippen LogP) is 3.61. The van der Waals surface area contributed by atoms with Gasteiger partial charge in [0, 0.05) is 18.5 Å². The second-order valence-corrected chi connectivity index (χ2v) is 6.12. The molecule has 0 spiro atoms. The number of ether oxygens (including phenoxy) is 1. The summed E-state index contributed by atoms with van der Waals surface area (Å²) in [7, 11) is 0. The van der Waals surface area contributed by atoms with Crippen LogP contribution < -0.4 is 0 Å². The fraction of sp³-hybridized carbons (Fsp3) is 0.316. The summed E-state index contributed by atoms with van der Waals surface area (Å²) in [5.41, 5.74) is 3.22. The summed E-state index contributed by atoms with van der Waals surface area (Å²) < 4.78 is 11.8. The minimum Gasteiger partial charge on any atom is -0.425 e. The number of benzene rings is 1. The third-order valence-electron chi connectivity index (χ3n) is 4.35. The molecule has 4 rings (SSSR count). The smallest absolute Gasteiger partial charge is 0.222 e.